The molecule has 16 heavy (non-hydrogen) atoms. The van der Waals surface area contributed by atoms with Crippen LogP contribution in [0.1, 0.15) is 19.0 Å². The minimum absolute atomic E-state index is 0.241. The first-order valence-corrected chi connectivity index (χ1v) is 5.63. The summed E-state index contributed by atoms with van der Waals surface area (Å²) in [6.45, 7) is 2.94. The lowest BCUT2D eigenvalue weighted by molar-refractivity contribution is 0.170. The molecule has 0 bridgehead atoms. The molecule has 1 rings (SSSR count). The van der Waals surface area contributed by atoms with Crippen LogP contribution in [0.2, 0.25) is 0 Å². The third-order valence-corrected chi connectivity index (χ3v) is 2.83. The van der Waals surface area contributed by atoms with E-state index in [1.807, 2.05) is 24.4 Å². The SMILES string of the molecule is COCCC(C)C(Cc1ccccn1)NN. The molecular formula is C12H21N3O. The van der Waals surface area contributed by atoms with E-state index in [1.165, 1.54) is 0 Å². The van der Waals surface area contributed by atoms with Crippen LogP contribution in [0, 0.1) is 5.92 Å². The monoisotopic (exact) mass is 223 g/mol. The average molecular weight is 223 g/mol. The van der Waals surface area contributed by atoms with Gasteiger partial charge >= 0.3 is 0 Å². The summed E-state index contributed by atoms with van der Waals surface area (Å²) in [6.07, 6.45) is 3.66. The van der Waals surface area contributed by atoms with Gasteiger partial charge in [-0.05, 0) is 24.5 Å². The molecule has 90 valence electrons. The van der Waals surface area contributed by atoms with Crippen LogP contribution in [-0.2, 0) is 11.2 Å². The van der Waals surface area contributed by atoms with Crippen molar-refractivity contribution in [3.8, 4) is 0 Å². The van der Waals surface area contributed by atoms with E-state index < -0.39 is 0 Å². The molecule has 2 atom stereocenters. The summed E-state index contributed by atoms with van der Waals surface area (Å²) in [4.78, 5) is 4.30. The van der Waals surface area contributed by atoms with E-state index in [1.54, 1.807) is 7.11 Å². The van der Waals surface area contributed by atoms with E-state index in [9.17, 15) is 0 Å². The number of pyridine rings is 1. The highest BCUT2D eigenvalue weighted by atomic mass is 16.5. The fourth-order valence-corrected chi connectivity index (χ4v) is 1.67. The van der Waals surface area contributed by atoms with Crippen molar-refractivity contribution in [3.63, 3.8) is 0 Å². The maximum absolute atomic E-state index is 5.57. The van der Waals surface area contributed by atoms with E-state index in [-0.39, 0.29) is 6.04 Å². The molecule has 0 spiro atoms. The third-order valence-electron chi connectivity index (χ3n) is 2.83. The number of hydrogen-bond acceptors (Lipinski definition) is 4. The molecule has 1 heterocycles. The van der Waals surface area contributed by atoms with E-state index in [2.05, 4.69) is 17.3 Å². The Balaban J connectivity index is 2.48. The van der Waals surface area contributed by atoms with Gasteiger partial charge in [0.05, 0.1) is 0 Å². The molecule has 0 saturated carbocycles. The second-order valence-electron chi connectivity index (χ2n) is 4.06. The first-order valence-electron chi connectivity index (χ1n) is 5.63. The summed E-state index contributed by atoms with van der Waals surface area (Å²) in [6, 6.07) is 6.18. The molecule has 0 aliphatic heterocycles. The van der Waals surface area contributed by atoms with Crippen molar-refractivity contribution < 1.29 is 4.74 Å². The summed E-state index contributed by atoms with van der Waals surface area (Å²) in [7, 11) is 1.72. The topological polar surface area (TPSA) is 60.2 Å². The minimum Gasteiger partial charge on any atom is -0.385 e. The molecule has 0 fully saturated rings. The number of nitrogens with zero attached hydrogens (tertiary/aromatic N) is 1. The lowest BCUT2D eigenvalue weighted by Gasteiger charge is -2.22. The van der Waals surface area contributed by atoms with Crippen molar-refractivity contribution in [3.05, 3.63) is 30.1 Å². The molecule has 1 aromatic heterocycles. The zero-order valence-electron chi connectivity index (χ0n) is 10.0. The van der Waals surface area contributed by atoms with Crippen LogP contribution < -0.4 is 11.3 Å². The molecule has 0 amide bonds. The summed E-state index contributed by atoms with van der Waals surface area (Å²) in [5.74, 6) is 6.04. The maximum atomic E-state index is 5.57. The van der Waals surface area contributed by atoms with Crippen molar-refractivity contribution in [1.29, 1.82) is 0 Å². The molecule has 3 N–H and O–H groups in total. The molecule has 4 heteroatoms. The van der Waals surface area contributed by atoms with Crippen molar-refractivity contribution in [2.24, 2.45) is 11.8 Å². The van der Waals surface area contributed by atoms with Crippen LogP contribution in [0.4, 0.5) is 0 Å². The van der Waals surface area contributed by atoms with Crippen LogP contribution in [0.5, 0.6) is 0 Å². The first-order chi connectivity index (χ1) is 7.77. The predicted molar refractivity (Wildman–Crippen MR) is 64.7 cm³/mol. The van der Waals surface area contributed by atoms with Crippen LogP contribution >= 0.6 is 0 Å². The first kappa shape index (κ1) is 13.1. The van der Waals surface area contributed by atoms with Crippen molar-refractivity contribution in [1.82, 2.24) is 10.4 Å². The molecule has 1 aromatic rings. The number of ether oxygens (including phenoxy) is 1. The number of nitrogens with one attached hydrogen (secondary N) is 1. The van der Waals surface area contributed by atoms with Crippen LogP contribution in [0.25, 0.3) is 0 Å². The van der Waals surface area contributed by atoms with Gasteiger partial charge in [0.2, 0.25) is 0 Å². The summed E-state index contributed by atoms with van der Waals surface area (Å²) in [5, 5.41) is 0. The molecule has 4 nitrogen and oxygen atoms in total. The molecule has 0 aliphatic carbocycles. The highest BCUT2D eigenvalue weighted by molar-refractivity contribution is 5.05. The van der Waals surface area contributed by atoms with Gasteiger partial charge in [-0.3, -0.25) is 16.3 Å². The fourth-order valence-electron chi connectivity index (χ4n) is 1.67. The van der Waals surface area contributed by atoms with Gasteiger partial charge in [-0.1, -0.05) is 13.0 Å². The standard InChI is InChI=1S/C12H21N3O/c1-10(6-8-16-2)12(15-13)9-11-5-3-4-7-14-11/h3-5,7,10,12,15H,6,8-9,13H2,1-2H3. The number of nitrogens with two attached hydrogens (primary N) is 1. The Labute approximate surface area is 97.2 Å². The Morgan fingerprint density at radius 2 is 2.31 bits per heavy atom. The average Bonchev–Trinajstić information content (AvgIpc) is 2.34. The van der Waals surface area contributed by atoms with Crippen molar-refractivity contribution in [2.75, 3.05) is 13.7 Å². The summed E-state index contributed by atoms with van der Waals surface area (Å²) in [5.41, 5.74) is 3.93. The normalized spacial score (nSPS) is 14.7. The zero-order valence-corrected chi connectivity index (χ0v) is 10.0. The third kappa shape index (κ3) is 4.26. The van der Waals surface area contributed by atoms with Crippen molar-refractivity contribution >= 4 is 0 Å². The highest BCUT2D eigenvalue weighted by Gasteiger charge is 2.16. The lowest BCUT2D eigenvalue weighted by Crippen LogP contribution is -2.42. The molecule has 0 aliphatic rings. The summed E-state index contributed by atoms with van der Waals surface area (Å²) < 4.78 is 5.07. The number of aromatic nitrogens is 1. The van der Waals surface area contributed by atoms with Gasteiger partial charge in [-0.15, -0.1) is 0 Å². The van der Waals surface area contributed by atoms with Gasteiger partial charge in [0.1, 0.15) is 0 Å². The number of rotatable bonds is 7. The molecule has 0 aromatic carbocycles. The Bertz CT molecular complexity index is 279. The van der Waals surface area contributed by atoms with Gasteiger partial charge in [0.15, 0.2) is 0 Å². The van der Waals surface area contributed by atoms with E-state index in [4.69, 9.17) is 10.6 Å². The molecule has 0 saturated heterocycles. The number of methoxy groups -OCH3 is 1. The van der Waals surface area contributed by atoms with E-state index >= 15 is 0 Å². The van der Waals surface area contributed by atoms with Gasteiger partial charge in [-0.2, -0.15) is 0 Å². The Morgan fingerprint density at radius 3 is 2.88 bits per heavy atom. The Kier molecular flexibility index (Phi) is 6.00. The van der Waals surface area contributed by atoms with Crippen LogP contribution in [-0.4, -0.2) is 24.7 Å². The van der Waals surface area contributed by atoms with Gasteiger partial charge in [-0.25, -0.2) is 0 Å². The molecule has 0 radical (unpaired) electrons. The van der Waals surface area contributed by atoms with E-state index in [0.29, 0.717) is 5.92 Å². The smallest absolute Gasteiger partial charge is 0.0465 e. The largest absolute Gasteiger partial charge is 0.385 e. The van der Waals surface area contributed by atoms with E-state index in [0.717, 1.165) is 25.1 Å². The second kappa shape index (κ2) is 7.33. The van der Waals surface area contributed by atoms with Crippen molar-refractivity contribution in [2.45, 2.75) is 25.8 Å². The number of hydrogen-bond donors (Lipinski definition) is 2. The Hall–Kier alpha value is -0.970. The molecular weight excluding hydrogens is 202 g/mol. The van der Waals surface area contributed by atoms with Gasteiger partial charge < -0.3 is 4.74 Å². The van der Waals surface area contributed by atoms with Gasteiger partial charge in [0.25, 0.3) is 0 Å². The Morgan fingerprint density at radius 1 is 1.50 bits per heavy atom. The quantitative estimate of drug-likeness (QED) is 0.537. The predicted octanol–water partition coefficient (Wildman–Crippen LogP) is 1.13. The minimum atomic E-state index is 0.241. The fraction of sp³-hybridized carbons (Fsp3) is 0.583. The molecule has 2 unspecified atom stereocenters. The highest BCUT2D eigenvalue weighted by Crippen LogP contribution is 2.12. The zero-order chi connectivity index (χ0) is 11.8. The lowest BCUT2D eigenvalue weighted by atomic mass is 9.95. The van der Waals surface area contributed by atoms with Crippen LogP contribution in [0.3, 0.4) is 0 Å². The second-order valence-corrected chi connectivity index (χ2v) is 4.06. The number of hydrazine groups is 1. The van der Waals surface area contributed by atoms with Crippen LogP contribution in [0.15, 0.2) is 24.4 Å². The van der Waals surface area contributed by atoms with Gasteiger partial charge in [0, 0.05) is 38.1 Å². The maximum Gasteiger partial charge on any atom is 0.0465 e. The summed E-state index contributed by atoms with van der Waals surface area (Å²) >= 11 is 0.